The molecule has 0 saturated heterocycles. The smallest absolute Gasteiger partial charge is 0.288 e. The van der Waals surface area contributed by atoms with Gasteiger partial charge in [-0.15, -0.1) is 0 Å². The molecule has 1 aliphatic rings. The standard InChI is InChI=1S/C19H14ClN7O2/c1-29-13-5-3-2-4-12(13)17-14-15(10-6-8-11(20)9-7-10)22-23-18(28)16(14)21-19-24-25-26-27(17)19/h2-9,17H,1H3,(H,23,28)(H,21,24,26). The van der Waals surface area contributed by atoms with Crippen LogP contribution in [0, 0.1) is 0 Å². The van der Waals surface area contributed by atoms with Gasteiger partial charge in [-0.1, -0.05) is 47.0 Å². The Morgan fingerprint density at radius 2 is 1.93 bits per heavy atom. The summed E-state index contributed by atoms with van der Waals surface area (Å²) in [5.74, 6) is 1.00. The van der Waals surface area contributed by atoms with Gasteiger partial charge in [0, 0.05) is 21.7 Å². The Hall–Kier alpha value is -3.72. The molecule has 1 unspecified atom stereocenters. The van der Waals surface area contributed by atoms with Gasteiger partial charge >= 0.3 is 0 Å². The SMILES string of the molecule is COc1ccccc1C1c2c(-c3ccc(Cl)cc3)n[nH]c(=O)c2Nc2nnnn21. The highest BCUT2D eigenvalue weighted by atomic mass is 35.5. The van der Waals surface area contributed by atoms with E-state index in [1.54, 1.807) is 23.9 Å². The Morgan fingerprint density at radius 1 is 1.14 bits per heavy atom. The molecular formula is C19H14ClN7O2. The van der Waals surface area contributed by atoms with Crippen molar-refractivity contribution in [2.45, 2.75) is 6.04 Å². The minimum atomic E-state index is -0.520. The Balaban J connectivity index is 1.84. The summed E-state index contributed by atoms with van der Waals surface area (Å²) < 4.78 is 7.18. The van der Waals surface area contributed by atoms with Crippen LogP contribution >= 0.6 is 11.6 Å². The molecule has 1 aliphatic heterocycles. The number of hydrogen-bond acceptors (Lipinski definition) is 7. The Morgan fingerprint density at radius 3 is 2.72 bits per heavy atom. The molecule has 10 heteroatoms. The number of anilines is 2. The Labute approximate surface area is 169 Å². The van der Waals surface area contributed by atoms with Gasteiger partial charge in [-0.3, -0.25) is 4.79 Å². The molecule has 0 amide bonds. The largest absolute Gasteiger partial charge is 0.496 e. The van der Waals surface area contributed by atoms with E-state index in [9.17, 15) is 4.79 Å². The second kappa shape index (κ2) is 6.71. The van der Waals surface area contributed by atoms with Crippen molar-refractivity contribution in [1.29, 1.82) is 0 Å². The third-order valence-corrected chi connectivity index (χ3v) is 5.07. The second-order valence-electron chi connectivity index (χ2n) is 6.41. The van der Waals surface area contributed by atoms with E-state index in [0.717, 1.165) is 11.1 Å². The first-order valence-electron chi connectivity index (χ1n) is 8.73. The van der Waals surface area contributed by atoms with Crippen molar-refractivity contribution >= 4 is 23.2 Å². The van der Waals surface area contributed by atoms with E-state index in [2.05, 4.69) is 31.0 Å². The number of benzene rings is 2. The van der Waals surface area contributed by atoms with Gasteiger partial charge in [0.2, 0.25) is 5.95 Å². The lowest BCUT2D eigenvalue weighted by atomic mass is 9.92. The molecule has 144 valence electrons. The van der Waals surface area contributed by atoms with Crippen LogP contribution in [-0.4, -0.2) is 37.5 Å². The number of nitrogens with one attached hydrogen (secondary N) is 2. The second-order valence-corrected chi connectivity index (χ2v) is 6.85. The number of ether oxygens (including phenoxy) is 1. The van der Waals surface area contributed by atoms with Crippen LogP contribution in [0.15, 0.2) is 53.3 Å². The Bertz CT molecular complexity index is 1270. The molecule has 1 atom stereocenters. The fraction of sp³-hybridized carbons (Fsp3) is 0.105. The van der Waals surface area contributed by atoms with Gasteiger partial charge in [-0.25, -0.2) is 5.10 Å². The maximum atomic E-state index is 12.7. The predicted octanol–water partition coefficient (Wildman–Crippen LogP) is 2.78. The van der Waals surface area contributed by atoms with Crippen molar-refractivity contribution in [3.05, 3.63) is 75.0 Å². The van der Waals surface area contributed by atoms with E-state index in [-0.39, 0.29) is 5.56 Å². The molecule has 2 aromatic carbocycles. The van der Waals surface area contributed by atoms with Crippen LogP contribution in [0.2, 0.25) is 5.02 Å². The summed E-state index contributed by atoms with van der Waals surface area (Å²) in [6.45, 7) is 0. The molecule has 0 bridgehead atoms. The molecule has 2 aromatic heterocycles. The normalized spacial score (nSPS) is 14.6. The lowest BCUT2D eigenvalue weighted by Crippen LogP contribution is -2.29. The Kier molecular flexibility index (Phi) is 4.02. The maximum Gasteiger partial charge on any atom is 0.288 e. The van der Waals surface area contributed by atoms with Crippen molar-refractivity contribution < 1.29 is 4.74 Å². The molecule has 9 nitrogen and oxygen atoms in total. The first-order chi connectivity index (χ1) is 14.2. The summed E-state index contributed by atoms with van der Waals surface area (Å²) in [5, 5.41) is 22.4. The number of para-hydroxylation sites is 1. The van der Waals surface area contributed by atoms with Crippen LogP contribution in [0.3, 0.4) is 0 Å². The number of methoxy groups -OCH3 is 1. The molecule has 0 saturated carbocycles. The number of H-pyrrole nitrogens is 1. The number of fused-ring (bicyclic) bond motifs is 2. The molecule has 0 aliphatic carbocycles. The zero-order valence-corrected chi connectivity index (χ0v) is 15.9. The fourth-order valence-electron chi connectivity index (χ4n) is 3.55. The summed E-state index contributed by atoms with van der Waals surface area (Å²) in [4.78, 5) is 12.7. The van der Waals surface area contributed by atoms with Crippen LogP contribution < -0.4 is 15.6 Å². The molecule has 2 N–H and O–H groups in total. The lowest BCUT2D eigenvalue weighted by Gasteiger charge is -2.28. The zero-order chi connectivity index (χ0) is 20.0. The monoisotopic (exact) mass is 407 g/mol. The van der Waals surface area contributed by atoms with E-state index >= 15 is 0 Å². The molecule has 0 spiro atoms. The molecular weight excluding hydrogens is 394 g/mol. The number of rotatable bonds is 3. The molecule has 0 fully saturated rings. The minimum absolute atomic E-state index is 0.336. The van der Waals surface area contributed by atoms with Crippen LogP contribution in [0.4, 0.5) is 11.6 Å². The molecule has 0 radical (unpaired) electrons. The van der Waals surface area contributed by atoms with Crippen molar-refractivity contribution in [2.75, 3.05) is 12.4 Å². The van der Waals surface area contributed by atoms with Gasteiger partial charge in [0.25, 0.3) is 5.56 Å². The average Bonchev–Trinajstić information content (AvgIpc) is 3.22. The number of halogens is 1. The molecule has 3 heterocycles. The maximum absolute atomic E-state index is 12.7. The van der Waals surface area contributed by atoms with Crippen molar-refractivity contribution in [3.63, 3.8) is 0 Å². The predicted molar refractivity (Wildman–Crippen MR) is 107 cm³/mol. The van der Waals surface area contributed by atoms with E-state index in [1.807, 2.05) is 36.4 Å². The minimum Gasteiger partial charge on any atom is -0.496 e. The average molecular weight is 408 g/mol. The first kappa shape index (κ1) is 17.4. The molecule has 29 heavy (non-hydrogen) atoms. The summed E-state index contributed by atoms with van der Waals surface area (Å²) >= 11 is 6.05. The van der Waals surface area contributed by atoms with Gasteiger partial charge in [0.1, 0.15) is 17.5 Å². The number of tetrazole rings is 1. The third kappa shape index (κ3) is 2.74. The number of aromatic amines is 1. The van der Waals surface area contributed by atoms with Crippen LogP contribution in [0.5, 0.6) is 5.75 Å². The van der Waals surface area contributed by atoms with E-state index in [0.29, 0.717) is 33.7 Å². The number of aromatic nitrogens is 6. The van der Waals surface area contributed by atoms with E-state index < -0.39 is 6.04 Å². The van der Waals surface area contributed by atoms with Gasteiger partial charge in [0.05, 0.1) is 12.8 Å². The van der Waals surface area contributed by atoms with Crippen molar-refractivity contribution in [2.24, 2.45) is 0 Å². The van der Waals surface area contributed by atoms with Gasteiger partial charge in [0.15, 0.2) is 0 Å². The summed E-state index contributed by atoms with van der Waals surface area (Å²) in [6, 6.07) is 14.2. The summed E-state index contributed by atoms with van der Waals surface area (Å²) in [5.41, 5.74) is 2.78. The number of nitrogens with zero attached hydrogens (tertiary/aromatic N) is 5. The van der Waals surface area contributed by atoms with Crippen molar-refractivity contribution in [1.82, 2.24) is 30.4 Å². The highest BCUT2D eigenvalue weighted by Gasteiger charge is 2.35. The third-order valence-electron chi connectivity index (χ3n) is 4.82. The molecule has 4 aromatic rings. The fourth-order valence-corrected chi connectivity index (χ4v) is 3.67. The van der Waals surface area contributed by atoms with E-state index in [1.165, 1.54) is 0 Å². The highest BCUT2D eigenvalue weighted by Crippen LogP contribution is 2.43. The summed E-state index contributed by atoms with van der Waals surface area (Å²) in [6.07, 6.45) is 0. The first-order valence-corrected chi connectivity index (χ1v) is 9.11. The zero-order valence-electron chi connectivity index (χ0n) is 15.1. The number of hydrogen-bond donors (Lipinski definition) is 2. The van der Waals surface area contributed by atoms with Crippen molar-refractivity contribution in [3.8, 4) is 17.0 Å². The van der Waals surface area contributed by atoms with Gasteiger partial charge in [-0.2, -0.15) is 9.78 Å². The molecule has 5 rings (SSSR count). The van der Waals surface area contributed by atoms with Crippen LogP contribution in [-0.2, 0) is 0 Å². The highest BCUT2D eigenvalue weighted by molar-refractivity contribution is 6.30. The lowest BCUT2D eigenvalue weighted by molar-refractivity contribution is 0.402. The summed E-state index contributed by atoms with van der Waals surface area (Å²) in [7, 11) is 1.59. The quantitative estimate of drug-likeness (QED) is 0.473. The van der Waals surface area contributed by atoms with Gasteiger partial charge < -0.3 is 10.1 Å². The van der Waals surface area contributed by atoms with Crippen LogP contribution in [0.25, 0.3) is 11.3 Å². The topological polar surface area (TPSA) is 111 Å². The van der Waals surface area contributed by atoms with E-state index in [4.69, 9.17) is 16.3 Å². The van der Waals surface area contributed by atoms with Crippen LogP contribution in [0.1, 0.15) is 17.2 Å². The van der Waals surface area contributed by atoms with Gasteiger partial charge in [-0.05, 0) is 28.6 Å².